The summed E-state index contributed by atoms with van der Waals surface area (Å²) in [6.07, 6.45) is 19.8. The lowest BCUT2D eigenvalue weighted by Crippen LogP contribution is -2.31. The fourth-order valence-electron chi connectivity index (χ4n) is 11.1. The van der Waals surface area contributed by atoms with Crippen molar-refractivity contribution in [1.29, 1.82) is 0 Å². The molecule has 0 aliphatic heterocycles. The molecule has 1 unspecified atom stereocenters. The fourth-order valence-corrected chi connectivity index (χ4v) is 11.1. The molecule has 5 aromatic carbocycles. The predicted octanol–water partition coefficient (Wildman–Crippen LogP) is 15.6. The average Bonchev–Trinajstić information content (AvgIpc) is 0.836. The Bertz CT molecular complexity index is 3240. The Morgan fingerprint density at radius 2 is 0.824 bits per heavy atom. The molecule has 6 aromatic rings. The van der Waals surface area contributed by atoms with Gasteiger partial charge in [-0.2, -0.15) is 0 Å². The van der Waals surface area contributed by atoms with E-state index >= 15 is 0 Å². The summed E-state index contributed by atoms with van der Waals surface area (Å²) >= 11 is 0. The van der Waals surface area contributed by atoms with E-state index in [4.69, 9.17) is 57.1 Å². The number of esters is 4. The van der Waals surface area contributed by atoms with Crippen LogP contribution in [0.25, 0.3) is 21.7 Å². The van der Waals surface area contributed by atoms with Crippen molar-refractivity contribution in [3.63, 3.8) is 0 Å². The molecule has 17 heteroatoms. The number of unbranched alkanes of at least 4 members (excludes halogenated alkanes) is 9. The molecule has 2 saturated carbocycles. The molecule has 0 radical (unpaired) electrons. The van der Waals surface area contributed by atoms with Crippen molar-refractivity contribution < 1.29 is 76.4 Å². The van der Waals surface area contributed by atoms with Gasteiger partial charge in [0.05, 0.1) is 64.3 Å². The van der Waals surface area contributed by atoms with Gasteiger partial charge in [-0.3, -0.25) is 4.79 Å². The number of benzene rings is 5. The summed E-state index contributed by atoms with van der Waals surface area (Å²) in [5, 5.41) is 13.8. The monoisotopic (exact) mass is 1250 g/mol. The molecule has 0 amide bonds. The van der Waals surface area contributed by atoms with E-state index in [1.165, 1.54) is 18.2 Å². The number of hydrogen-bond acceptors (Lipinski definition) is 17. The number of aliphatic hydroxyl groups excluding tert-OH is 1. The maximum atomic E-state index is 13.3. The van der Waals surface area contributed by atoms with Crippen LogP contribution in [0.2, 0.25) is 0 Å². The largest absolute Gasteiger partial charge is 0.494 e. The molecule has 1 N–H and O–H groups in total. The number of aliphatic hydroxyl groups is 1. The molecule has 1 heterocycles. The van der Waals surface area contributed by atoms with Crippen molar-refractivity contribution in [3.05, 3.63) is 147 Å². The number of nitrogens with zero attached hydrogens (tertiary/aromatic N) is 1. The standard InChI is InChI=1S/C74H89NO16/c1-4-69(76)84-46-16-10-7-13-43-81-57-27-33-60(34-28-57)89-72-67-49-63(87-51-53-19-23-55(24-20-53)73(79)90-61-35-29-58(30-36-61)82-44-14-8-11-17-47-85-70(77)5-2)39-41-65(67)66-42-40-64(50-68(66)75-72)88-52-54-21-25-56(26-22-54)74(80)91-62-37-31-59(32-38-62)83-45-15-9-12-18-48-86-71(78)6-3/h4-6,27-42,49-50,53-56,73,79H,1-3,7-26,43-48,51-52H2. The van der Waals surface area contributed by atoms with Gasteiger partial charge in [-0.25, -0.2) is 19.4 Å². The molecule has 91 heavy (non-hydrogen) atoms. The van der Waals surface area contributed by atoms with Gasteiger partial charge in [0.2, 0.25) is 5.88 Å². The summed E-state index contributed by atoms with van der Waals surface area (Å²) in [5.41, 5.74) is 0.714. The van der Waals surface area contributed by atoms with Crippen molar-refractivity contribution in [1.82, 2.24) is 4.98 Å². The highest BCUT2D eigenvalue weighted by Gasteiger charge is 2.30. The second-order valence-electron chi connectivity index (χ2n) is 23.3. The van der Waals surface area contributed by atoms with Crippen LogP contribution in [0.5, 0.6) is 51.9 Å². The Labute approximate surface area is 534 Å². The van der Waals surface area contributed by atoms with Gasteiger partial charge in [-0.05, 0) is 249 Å². The topological polar surface area (TPSA) is 203 Å². The van der Waals surface area contributed by atoms with Crippen molar-refractivity contribution >= 4 is 45.6 Å². The summed E-state index contributed by atoms with van der Waals surface area (Å²) < 4.78 is 64.3. The van der Waals surface area contributed by atoms with Gasteiger partial charge < -0.3 is 57.2 Å². The van der Waals surface area contributed by atoms with Gasteiger partial charge in [0, 0.05) is 41.0 Å². The number of fused-ring (bicyclic) bond motifs is 3. The predicted molar refractivity (Wildman–Crippen MR) is 348 cm³/mol. The molecule has 1 aromatic heterocycles. The highest BCUT2D eigenvalue weighted by molar-refractivity contribution is 6.08. The van der Waals surface area contributed by atoms with E-state index in [0.29, 0.717) is 118 Å². The minimum atomic E-state index is -0.927. The first-order valence-electron chi connectivity index (χ1n) is 32.5. The molecule has 1 atom stereocenters. The van der Waals surface area contributed by atoms with Gasteiger partial charge in [-0.1, -0.05) is 19.7 Å². The smallest absolute Gasteiger partial charge is 0.330 e. The van der Waals surface area contributed by atoms with Crippen LogP contribution in [0.3, 0.4) is 0 Å². The number of hydrogen-bond donors (Lipinski definition) is 1. The molecular weight excluding hydrogens is 1160 g/mol. The van der Waals surface area contributed by atoms with Gasteiger partial charge in [-0.15, -0.1) is 0 Å². The Kier molecular flexibility index (Phi) is 28.2. The van der Waals surface area contributed by atoms with E-state index in [1.807, 2.05) is 91.0 Å². The first-order chi connectivity index (χ1) is 44.5. The van der Waals surface area contributed by atoms with Crippen molar-refractivity contribution in [2.24, 2.45) is 23.7 Å². The highest BCUT2D eigenvalue weighted by atomic mass is 16.6. The van der Waals surface area contributed by atoms with Crippen LogP contribution in [-0.4, -0.2) is 93.1 Å². The van der Waals surface area contributed by atoms with E-state index in [2.05, 4.69) is 25.8 Å². The Balaban J connectivity index is 0.813. The number of ether oxygens (including phenoxy) is 11. The van der Waals surface area contributed by atoms with Crippen LogP contribution >= 0.6 is 0 Å². The SMILES string of the molecule is C=CC(=O)OCCCCCCOc1ccc(OC(=O)C2CCC(COc3ccc4c(c3)nc(Oc3ccc(OCCCCCCOC(=O)C=C)cc3)c3cc(OCC5CCC(C(O)Oc6ccc(OCCCCCCOC(=O)C=C)cc6)CC5)ccc34)CC2)cc1. The molecule has 0 spiro atoms. The highest BCUT2D eigenvalue weighted by Crippen LogP contribution is 2.39. The zero-order chi connectivity index (χ0) is 63.8. The molecular formula is C74H89NO16. The van der Waals surface area contributed by atoms with E-state index in [-0.39, 0.29) is 23.7 Å². The Hall–Kier alpha value is -8.57. The first kappa shape index (κ1) is 68.3. The van der Waals surface area contributed by atoms with Crippen LogP contribution < -0.4 is 37.9 Å². The van der Waals surface area contributed by atoms with Crippen molar-refractivity contribution in [2.45, 2.75) is 135 Å². The lowest BCUT2D eigenvalue weighted by atomic mass is 9.82. The number of rotatable bonds is 40. The summed E-state index contributed by atoms with van der Waals surface area (Å²) in [4.78, 5) is 52.0. The van der Waals surface area contributed by atoms with Crippen LogP contribution in [0.15, 0.2) is 147 Å². The van der Waals surface area contributed by atoms with Gasteiger partial charge in [0.15, 0.2) is 6.29 Å². The van der Waals surface area contributed by atoms with E-state index in [9.17, 15) is 24.3 Å². The van der Waals surface area contributed by atoms with Crippen LogP contribution in [0, 0.1) is 23.7 Å². The maximum Gasteiger partial charge on any atom is 0.330 e. The number of pyridine rings is 1. The fraction of sp³-hybridized carbons (Fsp3) is 0.446. The third-order valence-electron chi connectivity index (χ3n) is 16.5. The second kappa shape index (κ2) is 37.6. The molecule has 2 aliphatic rings. The second-order valence-corrected chi connectivity index (χ2v) is 23.3. The molecule has 0 bridgehead atoms. The third kappa shape index (κ3) is 23.3. The summed E-state index contributed by atoms with van der Waals surface area (Å²) in [5.74, 6) is 4.63. The van der Waals surface area contributed by atoms with Gasteiger partial charge in [0.1, 0.15) is 46.0 Å². The van der Waals surface area contributed by atoms with Crippen molar-refractivity contribution in [2.75, 3.05) is 52.9 Å². The quantitative estimate of drug-likeness (QED) is 0.00723. The molecule has 2 aliphatic carbocycles. The van der Waals surface area contributed by atoms with Crippen LogP contribution in [-0.2, 0) is 33.4 Å². The minimum Gasteiger partial charge on any atom is -0.494 e. The average molecular weight is 1250 g/mol. The van der Waals surface area contributed by atoms with E-state index in [0.717, 1.165) is 143 Å². The Morgan fingerprint density at radius 1 is 0.429 bits per heavy atom. The Morgan fingerprint density at radius 3 is 1.30 bits per heavy atom. The van der Waals surface area contributed by atoms with E-state index in [1.54, 1.807) is 12.1 Å². The molecule has 17 nitrogen and oxygen atoms in total. The summed E-state index contributed by atoms with van der Waals surface area (Å²) in [6.45, 7) is 14.1. The van der Waals surface area contributed by atoms with Gasteiger partial charge >= 0.3 is 23.9 Å². The molecule has 0 saturated heterocycles. The minimum absolute atomic E-state index is 0.00268. The van der Waals surface area contributed by atoms with Gasteiger partial charge in [0.25, 0.3) is 0 Å². The number of carbonyl (C=O) groups excluding carboxylic acids is 4. The summed E-state index contributed by atoms with van der Waals surface area (Å²) in [6, 6.07) is 34.1. The lowest BCUT2D eigenvalue weighted by molar-refractivity contribution is -0.140. The molecule has 2 fully saturated rings. The third-order valence-corrected chi connectivity index (χ3v) is 16.5. The first-order valence-corrected chi connectivity index (χ1v) is 32.5. The van der Waals surface area contributed by atoms with Crippen molar-refractivity contribution in [3.8, 4) is 51.9 Å². The zero-order valence-electron chi connectivity index (χ0n) is 52.4. The zero-order valence-corrected chi connectivity index (χ0v) is 52.4. The number of aromatic nitrogens is 1. The summed E-state index contributed by atoms with van der Waals surface area (Å²) in [7, 11) is 0. The van der Waals surface area contributed by atoms with Crippen LogP contribution in [0.4, 0.5) is 0 Å². The molecule has 8 rings (SSSR count). The van der Waals surface area contributed by atoms with E-state index < -0.39 is 24.2 Å². The normalized spacial score (nSPS) is 16.5. The number of carbonyl (C=O) groups is 4. The maximum absolute atomic E-state index is 13.3. The molecule has 486 valence electrons. The van der Waals surface area contributed by atoms with Crippen LogP contribution in [0.1, 0.15) is 128 Å². The lowest BCUT2D eigenvalue weighted by Gasteiger charge is -2.31.